The summed E-state index contributed by atoms with van der Waals surface area (Å²) in [6.45, 7) is 2.88. The van der Waals surface area contributed by atoms with Gasteiger partial charge in [-0.25, -0.2) is 19.6 Å². The third-order valence-electron chi connectivity index (χ3n) is 5.33. The molecule has 4 N–H and O–H groups in total. The fraction of sp³-hybridized carbons (Fsp3) is 0.500. The lowest BCUT2D eigenvalue weighted by molar-refractivity contribution is -0.193. The molecule has 0 bridgehead atoms. The summed E-state index contributed by atoms with van der Waals surface area (Å²) in [4.78, 5) is 28.8. The van der Waals surface area contributed by atoms with Crippen LogP contribution in [0.25, 0.3) is 0 Å². The summed E-state index contributed by atoms with van der Waals surface area (Å²) in [5.74, 6) is -2.82. The van der Waals surface area contributed by atoms with Crippen LogP contribution < -0.4 is 15.5 Å². The zero-order valence-electron chi connectivity index (χ0n) is 21.8. The van der Waals surface area contributed by atoms with Gasteiger partial charge in [0.15, 0.2) is 0 Å². The Hall–Kier alpha value is -3.14. The minimum absolute atomic E-state index is 0.489. The third-order valence-corrected chi connectivity index (χ3v) is 5.82. The van der Waals surface area contributed by atoms with Crippen molar-refractivity contribution >= 4 is 39.5 Å². The van der Waals surface area contributed by atoms with Crippen molar-refractivity contribution in [1.29, 1.82) is 0 Å². The van der Waals surface area contributed by atoms with Crippen LogP contribution in [0.2, 0.25) is 0 Å². The van der Waals surface area contributed by atoms with Gasteiger partial charge in [0.05, 0.1) is 0 Å². The molecule has 1 aromatic carbocycles. The molecule has 0 atom stereocenters. The molecule has 3 rings (SSSR count). The molecule has 40 heavy (non-hydrogen) atoms. The number of alkyl halides is 6. The minimum Gasteiger partial charge on any atom is -0.475 e. The molecule has 1 fully saturated rings. The number of aromatic nitrogens is 2. The van der Waals surface area contributed by atoms with Crippen LogP contribution in [0.1, 0.15) is 37.1 Å². The summed E-state index contributed by atoms with van der Waals surface area (Å²) in [5, 5.41) is 21.6. The van der Waals surface area contributed by atoms with Crippen molar-refractivity contribution in [2.75, 3.05) is 24.3 Å². The first-order valence-electron chi connectivity index (χ1n) is 11.8. The Kier molecular flexibility index (Phi) is 13.6. The fourth-order valence-electron chi connectivity index (χ4n) is 3.42. The van der Waals surface area contributed by atoms with Crippen LogP contribution in [-0.4, -0.2) is 70.7 Å². The van der Waals surface area contributed by atoms with Crippen LogP contribution in [0.15, 0.2) is 34.8 Å². The molecule has 0 saturated heterocycles. The number of halogens is 7. The molecule has 1 heterocycles. The standard InChI is InChI=1S/C20H28BrN5.2C2HF3O2/c1-14-23-19(12-20(24-14)26(2)3)25-18-9-7-17(8-10-18)22-13-15-5-4-6-16(21)11-15;2*3-2(4,5)1(6)7/h4-6,11-12,17-18,22H,7-10,13H2,1-3H3,(H,23,24,25);2*(H,6,7)/t17-,18+;;. The van der Waals surface area contributed by atoms with Crippen molar-refractivity contribution < 1.29 is 46.1 Å². The molecule has 1 aliphatic carbocycles. The number of anilines is 2. The van der Waals surface area contributed by atoms with Crippen LogP contribution in [-0.2, 0) is 16.1 Å². The average molecular weight is 646 g/mol. The fourth-order valence-corrected chi connectivity index (χ4v) is 3.86. The highest BCUT2D eigenvalue weighted by Crippen LogP contribution is 2.23. The maximum Gasteiger partial charge on any atom is 0.490 e. The Balaban J connectivity index is 0.000000473. The number of carboxylic acids is 2. The summed E-state index contributed by atoms with van der Waals surface area (Å²) in [6.07, 6.45) is -5.46. The highest BCUT2D eigenvalue weighted by atomic mass is 79.9. The van der Waals surface area contributed by atoms with E-state index >= 15 is 0 Å². The number of hydrogen-bond donors (Lipinski definition) is 4. The third kappa shape index (κ3) is 13.8. The van der Waals surface area contributed by atoms with Gasteiger partial charge in [-0.05, 0) is 50.3 Å². The summed E-state index contributed by atoms with van der Waals surface area (Å²) in [5.41, 5.74) is 1.33. The number of nitrogens with one attached hydrogen (secondary N) is 2. The lowest BCUT2D eigenvalue weighted by Gasteiger charge is -2.30. The van der Waals surface area contributed by atoms with E-state index in [0.29, 0.717) is 12.1 Å². The molecule has 0 radical (unpaired) electrons. The van der Waals surface area contributed by atoms with Gasteiger partial charge in [0.2, 0.25) is 0 Å². The van der Waals surface area contributed by atoms with E-state index in [0.717, 1.165) is 41.3 Å². The van der Waals surface area contributed by atoms with Crippen molar-refractivity contribution in [3.8, 4) is 0 Å². The lowest BCUT2D eigenvalue weighted by Crippen LogP contribution is -2.36. The second kappa shape index (κ2) is 15.6. The van der Waals surface area contributed by atoms with Crippen molar-refractivity contribution in [2.24, 2.45) is 0 Å². The lowest BCUT2D eigenvalue weighted by atomic mass is 9.91. The SMILES string of the molecule is Cc1nc(N[C@H]2CC[C@@H](NCc3cccc(Br)c3)CC2)cc(N(C)C)n1.O=C(O)C(F)(F)F.O=C(O)C(F)(F)F. The van der Waals surface area contributed by atoms with Gasteiger partial charge >= 0.3 is 24.3 Å². The van der Waals surface area contributed by atoms with Crippen molar-refractivity contribution in [3.63, 3.8) is 0 Å². The predicted octanol–water partition coefficient (Wildman–Crippen LogP) is 5.39. The topological polar surface area (TPSA) is 128 Å². The van der Waals surface area contributed by atoms with Crippen molar-refractivity contribution in [2.45, 2.75) is 63.6 Å². The van der Waals surface area contributed by atoms with Gasteiger partial charge < -0.3 is 25.7 Å². The summed E-state index contributed by atoms with van der Waals surface area (Å²) in [7, 11) is 4.02. The van der Waals surface area contributed by atoms with Crippen LogP contribution in [0.4, 0.5) is 38.0 Å². The van der Waals surface area contributed by atoms with E-state index in [2.05, 4.69) is 60.8 Å². The van der Waals surface area contributed by atoms with Gasteiger partial charge in [0.1, 0.15) is 17.5 Å². The quantitative estimate of drug-likeness (QED) is 0.306. The van der Waals surface area contributed by atoms with Gasteiger partial charge in [-0.1, -0.05) is 28.1 Å². The van der Waals surface area contributed by atoms with E-state index < -0.39 is 24.3 Å². The number of carbonyl (C=O) groups is 2. The van der Waals surface area contributed by atoms with Crippen molar-refractivity contribution in [1.82, 2.24) is 15.3 Å². The monoisotopic (exact) mass is 645 g/mol. The zero-order chi connectivity index (χ0) is 30.7. The summed E-state index contributed by atoms with van der Waals surface area (Å²) >= 11 is 3.54. The van der Waals surface area contributed by atoms with Gasteiger partial charge in [-0.3, -0.25) is 0 Å². The van der Waals surface area contributed by atoms with Gasteiger partial charge in [-0.15, -0.1) is 0 Å². The van der Waals surface area contributed by atoms with Crippen LogP contribution in [0.5, 0.6) is 0 Å². The average Bonchev–Trinajstić information content (AvgIpc) is 2.83. The first-order valence-corrected chi connectivity index (χ1v) is 12.5. The number of aliphatic carboxylic acids is 2. The second-order valence-electron chi connectivity index (χ2n) is 8.86. The molecule has 0 unspecified atom stereocenters. The number of nitrogens with zero attached hydrogens (tertiary/aromatic N) is 3. The largest absolute Gasteiger partial charge is 0.490 e. The van der Waals surface area contributed by atoms with Crippen LogP contribution in [0.3, 0.4) is 0 Å². The molecule has 1 aromatic heterocycles. The Morgan fingerprint density at radius 2 is 1.45 bits per heavy atom. The molecule has 1 saturated carbocycles. The molecule has 9 nitrogen and oxygen atoms in total. The van der Waals surface area contributed by atoms with Crippen LogP contribution >= 0.6 is 15.9 Å². The molecule has 0 spiro atoms. The minimum atomic E-state index is -5.08. The number of aryl methyl sites for hydroxylation is 1. The summed E-state index contributed by atoms with van der Waals surface area (Å²) < 4.78 is 64.6. The molecule has 2 aromatic rings. The van der Waals surface area contributed by atoms with E-state index in [9.17, 15) is 26.3 Å². The summed E-state index contributed by atoms with van der Waals surface area (Å²) in [6, 6.07) is 11.6. The second-order valence-corrected chi connectivity index (χ2v) is 9.78. The Morgan fingerprint density at radius 1 is 0.950 bits per heavy atom. The van der Waals surface area contributed by atoms with E-state index in [4.69, 9.17) is 19.8 Å². The number of benzene rings is 1. The van der Waals surface area contributed by atoms with Gasteiger partial charge in [0, 0.05) is 43.3 Å². The van der Waals surface area contributed by atoms with E-state index in [1.165, 1.54) is 18.4 Å². The first-order chi connectivity index (χ1) is 18.4. The predicted molar refractivity (Wildman–Crippen MR) is 139 cm³/mol. The molecule has 1 aliphatic rings. The van der Waals surface area contributed by atoms with Gasteiger partial charge in [0.25, 0.3) is 0 Å². The molecular formula is C24H30BrF6N5O4. The van der Waals surface area contributed by atoms with Gasteiger partial charge in [-0.2, -0.15) is 26.3 Å². The normalized spacial score (nSPS) is 16.9. The van der Waals surface area contributed by atoms with E-state index in [-0.39, 0.29) is 0 Å². The van der Waals surface area contributed by atoms with E-state index in [1.54, 1.807) is 0 Å². The maximum absolute atomic E-state index is 10.6. The highest BCUT2D eigenvalue weighted by Gasteiger charge is 2.38. The van der Waals surface area contributed by atoms with E-state index in [1.807, 2.05) is 32.0 Å². The molecule has 0 aliphatic heterocycles. The number of hydrogen-bond acceptors (Lipinski definition) is 7. The Labute approximate surface area is 235 Å². The first kappa shape index (κ1) is 34.9. The number of carboxylic acid groups (broad SMARTS) is 2. The van der Waals surface area contributed by atoms with Crippen molar-refractivity contribution in [3.05, 3.63) is 46.2 Å². The Bertz CT molecular complexity index is 1090. The zero-order valence-corrected chi connectivity index (χ0v) is 23.4. The molecule has 16 heteroatoms. The molecule has 0 amide bonds. The maximum atomic E-state index is 10.6. The Morgan fingerprint density at radius 3 is 1.90 bits per heavy atom. The molecular weight excluding hydrogens is 616 g/mol. The van der Waals surface area contributed by atoms with Crippen LogP contribution in [0, 0.1) is 6.92 Å². The highest BCUT2D eigenvalue weighted by molar-refractivity contribution is 9.10. The smallest absolute Gasteiger partial charge is 0.475 e. The number of rotatable bonds is 6. The molecule has 224 valence electrons.